The minimum atomic E-state index is -4.04. The van der Waals surface area contributed by atoms with Crippen molar-refractivity contribution in [3.05, 3.63) is 83.6 Å². The summed E-state index contributed by atoms with van der Waals surface area (Å²) in [7, 11) is -4.04. The van der Waals surface area contributed by atoms with Crippen LogP contribution in [0.4, 0.5) is 5.82 Å². The molecule has 2 N–H and O–H groups in total. The summed E-state index contributed by atoms with van der Waals surface area (Å²) in [6.07, 6.45) is 4.79. The van der Waals surface area contributed by atoms with Crippen LogP contribution in [0.1, 0.15) is 5.56 Å². The van der Waals surface area contributed by atoms with E-state index < -0.39 is 9.84 Å². The Morgan fingerprint density at radius 3 is 2.38 bits per heavy atom. The standard InChI is InChI=1S/C22H15ClN6O2S/c23-15-7-9-16(10-8-15)32(30,31)20-19-22(28-18-6-2-1-5-17(18)27-19)29(21(20)24)26-13-14-4-3-11-25-12-14/h1-13H,24H2. The smallest absolute Gasteiger partial charge is 0.212 e. The largest absolute Gasteiger partial charge is 0.382 e. The highest BCUT2D eigenvalue weighted by molar-refractivity contribution is 7.92. The number of sulfone groups is 1. The number of benzene rings is 2. The summed E-state index contributed by atoms with van der Waals surface area (Å²) in [5.41, 5.74) is 8.56. The molecule has 2 aromatic carbocycles. The summed E-state index contributed by atoms with van der Waals surface area (Å²) < 4.78 is 28.4. The second kappa shape index (κ2) is 7.70. The molecule has 0 saturated heterocycles. The summed E-state index contributed by atoms with van der Waals surface area (Å²) >= 11 is 5.93. The third-order valence-electron chi connectivity index (χ3n) is 4.83. The van der Waals surface area contributed by atoms with Gasteiger partial charge in [0.05, 0.1) is 22.1 Å². The topological polar surface area (TPSA) is 116 Å². The van der Waals surface area contributed by atoms with Gasteiger partial charge in [0.15, 0.2) is 5.65 Å². The zero-order chi connectivity index (χ0) is 22.3. The number of nitrogen functional groups attached to an aromatic ring is 1. The average molecular weight is 463 g/mol. The van der Waals surface area contributed by atoms with Gasteiger partial charge in [-0.05, 0) is 42.5 Å². The Balaban J connectivity index is 1.81. The van der Waals surface area contributed by atoms with Crippen molar-refractivity contribution >= 4 is 55.7 Å². The SMILES string of the molecule is Nc1c(S(=O)(=O)c2ccc(Cl)cc2)c2nc3ccccc3nc2n1N=Cc1cccnc1. The molecule has 10 heteroatoms. The highest BCUT2D eigenvalue weighted by atomic mass is 35.5. The fourth-order valence-electron chi connectivity index (χ4n) is 3.31. The number of nitrogens with zero attached hydrogens (tertiary/aromatic N) is 5. The average Bonchev–Trinajstić information content (AvgIpc) is 3.07. The monoisotopic (exact) mass is 462 g/mol. The number of halogens is 1. The van der Waals surface area contributed by atoms with Crippen LogP contribution in [0, 0.1) is 0 Å². The van der Waals surface area contributed by atoms with E-state index in [9.17, 15) is 8.42 Å². The van der Waals surface area contributed by atoms with Crippen molar-refractivity contribution in [1.82, 2.24) is 19.6 Å². The maximum absolute atomic E-state index is 13.5. The van der Waals surface area contributed by atoms with Gasteiger partial charge in [0, 0.05) is 23.0 Å². The predicted octanol–water partition coefficient (Wildman–Crippen LogP) is 3.93. The Kier molecular flexibility index (Phi) is 4.84. The van der Waals surface area contributed by atoms with Crippen molar-refractivity contribution in [2.24, 2.45) is 5.10 Å². The quantitative estimate of drug-likeness (QED) is 0.404. The number of aromatic nitrogens is 4. The van der Waals surface area contributed by atoms with Crippen LogP contribution in [0.15, 0.2) is 87.9 Å². The van der Waals surface area contributed by atoms with Gasteiger partial charge in [-0.2, -0.15) is 9.78 Å². The van der Waals surface area contributed by atoms with Crippen LogP contribution in [0.3, 0.4) is 0 Å². The Bertz CT molecular complexity index is 1600. The summed E-state index contributed by atoms with van der Waals surface area (Å²) in [5.74, 6) is -0.0922. The molecule has 158 valence electrons. The molecule has 0 saturated carbocycles. The molecule has 8 nitrogen and oxygen atoms in total. The Morgan fingerprint density at radius 1 is 0.969 bits per heavy atom. The van der Waals surface area contributed by atoms with Gasteiger partial charge >= 0.3 is 0 Å². The number of hydrogen-bond donors (Lipinski definition) is 1. The predicted molar refractivity (Wildman–Crippen MR) is 124 cm³/mol. The second-order valence-corrected chi connectivity index (χ2v) is 9.22. The van der Waals surface area contributed by atoms with Gasteiger partial charge in [-0.3, -0.25) is 4.98 Å². The lowest BCUT2D eigenvalue weighted by Gasteiger charge is -2.05. The summed E-state index contributed by atoms with van der Waals surface area (Å²) in [6.45, 7) is 0. The van der Waals surface area contributed by atoms with E-state index in [0.29, 0.717) is 21.6 Å². The van der Waals surface area contributed by atoms with Crippen molar-refractivity contribution in [3.63, 3.8) is 0 Å². The third-order valence-corrected chi connectivity index (χ3v) is 6.91. The molecule has 5 aromatic rings. The zero-order valence-electron chi connectivity index (χ0n) is 16.4. The molecule has 0 unspecified atom stereocenters. The van der Waals surface area contributed by atoms with Gasteiger partial charge in [-0.1, -0.05) is 29.8 Å². The number of hydrogen-bond acceptors (Lipinski definition) is 7. The number of fused-ring (bicyclic) bond motifs is 2. The van der Waals surface area contributed by atoms with Crippen molar-refractivity contribution in [3.8, 4) is 0 Å². The summed E-state index contributed by atoms with van der Waals surface area (Å²) in [5, 5.41) is 4.81. The van der Waals surface area contributed by atoms with Crippen LogP contribution < -0.4 is 5.73 Å². The number of anilines is 1. The van der Waals surface area contributed by atoms with Crippen LogP contribution >= 0.6 is 11.6 Å². The van der Waals surface area contributed by atoms with E-state index in [1.54, 1.807) is 36.7 Å². The molecule has 0 radical (unpaired) electrons. The number of pyridine rings is 1. The molecule has 0 aliphatic carbocycles. The van der Waals surface area contributed by atoms with E-state index in [-0.39, 0.29) is 26.8 Å². The molecule has 0 aliphatic rings. The first-order chi connectivity index (χ1) is 15.4. The lowest BCUT2D eigenvalue weighted by molar-refractivity contribution is 0.597. The van der Waals surface area contributed by atoms with Crippen LogP contribution in [0.25, 0.3) is 22.2 Å². The molecule has 5 rings (SSSR count). The first kappa shape index (κ1) is 20.1. The minimum Gasteiger partial charge on any atom is -0.382 e. The van der Waals surface area contributed by atoms with Gasteiger partial charge < -0.3 is 5.73 Å². The van der Waals surface area contributed by atoms with E-state index in [1.165, 1.54) is 35.2 Å². The molecule has 0 fully saturated rings. The molecule has 0 amide bonds. The number of para-hydroxylation sites is 2. The maximum Gasteiger partial charge on any atom is 0.212 e. The molecule has 0 spiro atoms. The van der Waals surface area contributed by atoms with Gasteiger partial charge in [-0.25, -0.2) is 18.4 Å². The van der Waals surface area contributed by atoms with Gasteiger partial charge in [0.25, 0.3) is 0 Å². The molecule has 0 atom stereocenters. The van der Waals surface area contributed by atoms with Gasteiger partial charge in [-0.15, -0.1) is 0 Å². The van der Waals surface area contributed by atoms with E-state index in [2.05, 4.69) is 20.1 Å². The van der Waals surface area contributed by atoms with Crippen molar-refractivity contribution < 1.29 is 8.42 Å². The van der Waals surface area contributed by atoms with E-state index in [4.69, 9.17) is 17.3 Å². The second-order valence-electron chi connectivity index (χ2n) is 6.90. The minimum absolute atomic E-state index is 0.0406. The Labute approximate surface area is 187 Å². The molecule has 32 heavy (non-hydrogen) atoms. The molecular weight excluding hydrogens is 448 g/mol. The van der Waals surface area contributed by atoms with Crippen molar-refractivity contribution in [1.29, 1.82) is 0 Å². The van der Waals surface area contributed by atoms with E-state index in [1.807, 2.05) is 12.1 Å². The lowest BCUT2D eigenvalue weighted by atomic mass is 10.3. The zero-order valence-corrected chi connectivity index (χ0v) is 18.0. The fraction of sp³-hybridized carbons (Fsp3) is 0. The van der Waals surface area contributed by atoms with E-state index in [0.717, 1.165) is 0 Å². The maximum atomic E-state index is 13.5. The Hall–Kier alpha value is -3.82. The summed E-state index contributed by atoms with van der Waals surface area (Å²) in [6, 6.07) is 16.6. The van der Waals surface area contributed by atoms with Crippen molar-refractivity contribution in [2.45, 2.75) is 9.79 Å². The Morgan fingerprint density at radius 2 is 1.69 bits per heavy atom. The molecule has 0 bridgehead atoms. The normalized spacial score (nSPS) is 12.2. The van der Waals surface area contributed by atoms with E-state index >= 15 is 0 Å². The van der Waals surface area contributed by atoms with Crippen LogP contribution in [0.2, 0.25) is 5.02 Å². The first-order valence-electron chi connectivity index (χ1n) is 9.47. The fourth-order valence-corrected chi connectivity index (χ4v) is 4.92. The van der Waals surface area contributed by atoms with Crippen molar-refractivity contribution in [2.75, 3.05) is 5.73 Å². The van der Waals surface area contributed by atoms with Gasteiger partial charge in [0.2, 0.25) is 9.84 Å². The molecule has 3 aromatic heterocycles. The third kappa shape index (κ3) is 3.37. The van der Waals surface area contributed by atoms with Crippen LogP contribution in [-0.2, 0) is 9.84 Å². The van der Waals surface area contributed by atoms with Crippen LogP contribution in [0.5, 0.6) is 0 Å². The van der Waals surface area contributed by atoms with Crippen LogP contribution in [-0.4, -0.2) is 34.3 Å². The molecular formula is C22H15ClN6O2S. The number of nitrogens with two attached hydrogens (primary N) is 1. The lowest BCUT2D eigenvalue weighted by Crippen LogP contribution is -2.06. The number of rotatable bonds is 4. The highest BCUT2D eigenvalue weighted by Crippen LogP contribution is 2.35. The first-order valence-corrected chi connectivity index (χ1v) is 11.3. The van der Waals surface area contributed by atoms with Gasteiger partial charge in [0.1, 0.15) is 16.2 Å². The molecule has 3 heterocycles. The molecule has 0 aliphatic heterocycles. The highest BCUT2D eigenvalue weighted by Gasteiger charge is 2.30. The summed E-state index contributed by atoms with van der Waals surface area (Å²) in [4.78, 5) is 13.1.